The topological polar surface area (TPSA) is 58.2 Å². The van der Waals surface area contributed by atoms with Crippen molar-refractivity contribution in [1.29, 1.82) is 0 Å². The minimum Gasteiger partial charge on any atom is -0.355 e. The predicted molar refractivity (Wildman–Crippen MR) is 163 cm³/mol. The molecule has 200 valence electrons. The summed E-state index contributed by atoms with van der Waals surface area (Å²) in [6, 6.07) is 19.4. The van der Waals surface area contributed by atoms with Crippen LogP contribution < -0.4 is 10.6 Å². The van der Waals surface area contributed by atoms with Crippen LogP contribution in [0.15, 0.2) is 60.7 Å². The lowest BCUT2D eigenvalue weighted by Crippen LogP contribution is -2.24. The Morgan fingerprint density at radius 3 is 1.40 bits per heavy atom. The van der Waals surface area contributed by atoms with Crippen molar-refractivity contribution < 1.29 is 9.59 Å². The van der Waals surface area contributed by atoms with Crippen molar-refractivity contribution in [2.24, 2.45) is 0 Å². The van der Waals surface area contributed by atoms with E-state index in [-0.39, 0.29) is 32.7 Å². The van der Waals surface area contributed by atoms with E-state index in [1.54, 1.807) is 0 Å². The maximum absolute atomic E-state index is 14.1. The van der Waals surface area contributed by atoms with Gasteiger partial charge in [0.25, 0.3) is 0 Å². The quantitative estimate of drug-likeness (QED) is 0.228. The summed E-state index contributed by atoms with van der Waals surface area (Å²) in [6.45, 7) is 0. The second-order valence-electron chi connectivity index (χ2n) is 10.9. The van der Waals surface area contributed by atoms with Gasteiger partial charge in [0.15, 0.2) is 11.6 Å². The zero-order chi connectivity index (χ0) is 27.4. The molecule has 0 radical (unpaired) electrons. The van der Waals surface area contributed by atoms with Gasteiger partial charge in [-0.25, -0.2) is 0 Å². The molecule has 2 N–H and O–H groups in total. The molecule has 0 aliphatic heterocycles. The molecule has 0 spiro atoms. The Bertz CT molecular complexity index is 1600. The number of hydrogen-bond acceptors (Lipinski definition) is 4. The molecule has 40 heavy (non-hydrogen) atoms. The van der Waals surface area contributed by atoms with Gasteiger partial charge in [0.05, 0.1) is 32.5 Å². The van der Waals surface area contributed by atoms with Crippen LogP contribution in [-0.2, 0) is 25.7 Å². The maximum Gasteiger partial charge on any atom is 0.196 e. The average molecular weight is 568 g/mol. The molecule has 4 aromatic rings. The lowest BCUT2D eigenvalue weighted by atomic mass is 9.82. The third kappa shape index (κ3) is 4.22. The fourth-order valence-electron chi connectivity index (χ4n) is 6.56. The lowest BCUT2D eigenvalue weighted by molar-refractivity contribution is 0.0980. The summed E-state index contributed by atoms with van der Waals surface area (Å²) in [4.78, 5) is 28.3. The monoisotopic (exact) mass is 566 g/mol. The van der Waals surface area contributed by atoms with Crippen LogP contribution in [0.1, 0.15) is 79.8 Å². The van der Waals surface area contributed by atoms with Crippen LogP contribution in [0.2, 0.25) is 10.0 Å². The molecule has 7 rings (SSSR count). The van der Waals surface area contributed by atoms with E-state index in [1.807, 2.05) is 12.1 Å². The summed E-state index contributed by atoms with van der Waals surface area (Å²) in [7, 11) is 0. The fraction of sp³-hybridized carbons (Fsp3) is 0.235. The Morgan fingerprint density at radius 2 is 0.950 bits per heavy atom. The van der Waals surface area contributed by atoms with Crippen molar-refractivity contribution in [2.45, 2.75) is 51.4 Å². The SMILES string of the molecule is O=C1c2cc(Cl)c(Cl)cc2C(=O)c2c(Nc3cccc4c3CCCC4)ccc(Nc3cccc4c3CCCC4)c21. The molecule has 0 fully saturated rings. The van der Waals surface area contributed by atoms with E-state index in [2.05, 4.69) is 47.0 Å². The molecular weight excluding hydrogens is 539 g/mol. The molecule has 4 aromatic carbocycles. The third-order valence-electron chi connectivity index (χ3n) is 8.54. The molecule has 0 unspecified atom stereocenters. The Kier molecular flexibility index (Phi) is 6.41. The van der Waals surface area contributed by atoms with Crippen LogP contribution in [-0.4, -0.2) is 11.6 Å². The van der Waals surface area contributed by atoms with E-state index >= 15 is 0 Å². The Balaban J connectivity index is 1.39. The van der Waals surface area contributed by atoms with Gasteiger partial charge in [-0.3, -0.25) is 9.59 Å². The van der Waals surface area contributed by atoms with Gasteiger partial charge in [0.1, 0.15) is 0 Å². The average Bonchev–Trinajstić information content (AvgIpc) is 2.98. The summed E-state index contributed by atoms with van der Waals surface area (Å²) in [6.07, 6.45) is 8.72. The zero-order valence-electron chi connectivity index (χ0n) is 22.0. The molecule has 0 heterocycles. The van der Waals surface area contributed by atoms with Crippen molar-refractivity contribution in [3.63, 3.8) is 0 Å². The number of hydrogen-bond donors (Lipinski definition) is 2. The normalized spacial score (nSPS) is 15.6. The number of benzene rings is 4. The van der Waals surface area contributed by atoms with Gasteiger partial charge in [-0.2, -0.15) is 0 Å². The summed E-state index contributed by atoms with van der Waals surface area (Å²) in [5.41, 5.74) is 9.72. The highest BCUT2D eigenvalue weighted by molar-refractivity contribution is 6.43. The summed E-state index contributed by atoms with van der Waals surface area (Å²) in [5.74, 6) is -0.483. The number of fused-ring (bicyclic) bond motifs is 4. The van der Waals surface area contributed by atoms with Gasteiger partial charge in [0, 0.05) is 22.5 Å². The van der Waals surface area contributed by atoms with Crippen LogP contribution >= 0.6 is 23.2 Å². The number of carbonyl (C=O) groups excluding carboxylic acids is 2. The summed E-state index contributed by atoms with van der Waals surface area (Å²) >= 11 is 12.6. The Morgan fingerprint density at radius 1 is 0.525 bits per heavy atom. The Hall–Kier alpha value is -3.60. The molecule has 3 aliphatic rings. The molecule has 6 heteroatoms. The van der Waals surface area contributed by atoms with Crippen LogP contribution in [0, 0.1) is 0 Å². The lowest BCUT2D eigenvalue weighted by Gasteiger charge is -2.27. The maximum atomic E-state index is 14.1. The van der Waals surface area contributed by atoms with Crippen LogP contribution in [0.3, 0.4) is 0 Å². The number of anilines is 4. The number of aryl methyl sites for hydroxylation is 2. The number of rotatable bonds is 4. The van der Waals surface area contributed by atoms with Crippen molar-refractivity contribution in [3.8, 4) is 0 Å². The van der Waals surface area contributed by atoms with E-state index < -0.39 is 0 Å². The van der Waals surface area contributed by atoms with Gasteiger partial charge in [-0.1, -0.05) is 47.5 Å². The first-order valence-corrected chi connectivity index (χ1v) is 14.8. The molecule has 0 aromatic heterocycles. The highest BCUT2D eigenvalue weighted by atomic mass is 35.5. The molecule has 0 atom stereocenters. The second kappa shape index (κ2) is 10.1. The fourth-order valence-corrected chi connectivity index (χ4v) is 6.89. The minimum atomic E-state index is -0.241. The molecule has 0 amide bonds. The van der Waals surface area contributed by atoms with Crippen molar-refractivity contribution in [1.82, 2.24) is 0 Å². The molecule has 4 nitrogen and oxygen atoms in total. The number of halogens is 2. The number of carbonyl (C=O) groups is 2. The first kappa shape index (κ1) is 25.4. The van der Waals surface area contributed by atoms with E-state index in [9.17, 15) is 9.59 Å². The minimum absolute atomic E-state index is 0.241. The highest BCUT2D eigenvalue weighted by Gasteiger charge is 2.35. The van der Waals surface area contributed by atoms with Crippen molar-refractivity contribution in [3.05, 3.63) is 115 Å². The van der Waals surface area contributed by atoms with Crippen LogP contribution in [0.5, 0.6) is 0 Å². The molecule has 0 saturated carbocycles. The smallest absolute Gasteiger partial charge is 0.196 e. The summed E-state index contributed by atoms with van der Waals surface area (Å²) < 4.78 is 0. The highest BCUT2D eigenvalue weighted by Crippen LogP contribution is 2.42. The van der Waals surface area contributed by atoms with Gasteiger partial charge in [-0.05, 0) is 110 Å². The van der Waals surface area contributed by atoms with E-state index in [4.69, 9.17) is 23.2 Å². The van der Waals surface area contributed by atoms with Gasteiger partial charge >= 0.3 is 0 Å². The third-order valence-corrected chi connectivity index (χ3v) is 9.26. The van der Waals surface area contributed by atoms with Gasteiger partial charge in [0.2, 0.25) is 0 Å². The predicted octanol–water partition coefficient (Wildman–Crippen LogP) is 9.01. The van der Waals surface area contributed by atoms with Crippen molar-refractivity contribution in [2.75, 3.05) is 10.6 Å². The van der Waals surface area contributed by atoms with Gasteiger partial charge in [-0.15, -0.1) is 0 Å². The van der Waals surface area contributed by atoms with Crippen molar-refractivity contribution >= 4 is 57.5 Å². The van der Waals surface area contributed by atoms with E-state index in [0.717, 1.165) is 49.9 Å². The first-order chi connectivity index (χ1) is 19.5. The zero-order valence-corrected chi connectivity index (χ0v) is 23.5. The second-order valence-corrected chi connectivity index (χ2v) is 11.7. The number of nitrogens with one attached hydrogen (secondary N) is 2. The van der Waals surface area contributed by atoms with E-state index in [0.29, 0.717) is 22.5 Å². The largest absolute Gasteiger partial charge is 0.355 e. The molecular formula is C34H28Cl2N2O2. The number of ketones is 2. The Labute approximate surface area is 243 Å². The standard InChI is InChI=1S/C34H28Cl2N2O2/c35-25-17-23-24(18-26(25)36)34(40)32-30(38-28-14-6-10-20-8-2-4-12-22(20)28)16-15-29(31(32)33(23)39)37-27-13-5-9-19-7-1-3-11-21(19)27/h5-6,9-10,13-18,37-38H,1-4,7-8,11-12H2. The first-order valence-electron chi connectivity index (χ1n) is 14.0. The molecule has 3 aliphatic carbocycles. The molecule has 0 bridgehead atoms. The molecule has 0 saturated heterocycles. The van der Waals surface area contributed by atoms with Crippen LogP contribution in [0.25, 0.3) is 0 Å². The van der Waals surface area contributed by atoms with E-state index in [1.165, 1.54) is 47.2 Å². The summed E-state index contributed by atoms with van der Waals surface area (Å²) in [5, 5.41) is 7.60. The van der Waals surface area contributed by atoms with Crippen LogP contribution in [0.4, 0.5) is 22.7 Å². The van der Waals surface area contributed by atoms with Gasteiger partial charge < -0.3 is 10.6 Å².